The summed E-state index contributed by atoms with van der Waals surface area (Å²) in [6.45, 7) is 2.00. The molecule has 4 atom stereocenters. The summed E-state index contributed by atoms with van der Waals surface area (Å²) in [6.07, 6.45) is 39.9. The number of hydrogen-bond donors (Lipinski definition) is 4. The molecule has 0 bridgehead atoms. The summed E-state index contributed by atoms with van der Waals surface area (Å²) in [4.78, 5) is 34.9. The number of carbonyl (C=O) groups excluding carboxylic acids is 2. The van der Waals surface area contributed by atoms with E-state index in [1.54, 1.807) is 0 Å². The molecular weight excluding hydrogens is 735 g/mol. The predicted octanol–water partition coefficient (Wildman–Crippen LogP) is 10.1. The summed E-state index contributed by atoms with van der Waals surface area (Å²) in [5, 5.41) is 27.9. The van der Waals surface area contributed by atoms with Crippen molar-refractivity contribution < 1.29 is 52.9 Å². The Morgan fingerprint density at radius 2 is 1.05 bits per heavy atom. The van der Waals surface area contributed by atoms with E-state index in [2.05, 4.69) is 60.1 Å². The summed E-state index contributed by atoms with van der Waals surface area (Å²) in [5.74, 6) is -1.02. The van der Waals surface area contributed by atoms with Gasteiger partial charge in [-0.15, -0.1) is 0 Å². The van der Waals surface area contributed by atoms with Gasteiger partial charge in [-0.25, -0.2) is 4.57 Å². The molecule has 0 aliphatic heterocycles. The van der Waals surface area contributed by atoms with E-state index in [0.717, 1.165) is 64.2 Å². The molecular formula is C44H77O11P. The minimum atomic E-state index is -4.64. The molecule has 0 radical (unpaired) electrons. The van der Waals surface area contributed by atoms with Crippen molar-refractivity contribution in [2.75, 3.05) is 26.4 Å². The molecule has 0 aromatic heterocycles. The fourth-order valence-corrected chi connectivity index (χ4v) is 6.10. The molecule has 0 aliphatic carbocycles. The molecule has 324 valence electrons. The molecule has 11 nitrogen and oxygen atoms in total. The number of carbonyl (C=O) groups is 2. The highest BCUT2D eigenvalue weighted by Gasteiger charge is 2.27. The number of aliphatic hydroxyl groups excluding tert-OH is 3. The number of rotatable bonds is 39. The second-order valence-corrected chi connectivity index (χ2v) is 15.6. The zero-order valence-electron chi connectivity index (χ0n) is 34.7. The van der Waals surface area contributed by atoms with Crippen LogP contribution in [0.3, 0.4) is 0 Å². The van der Waals surface area contributed by atoms with Crippen LogP contribution in [0.4, 0.5) is 0 Å². The molecule has 12 heteroatoms. The summed E-state index contributed by atoms with van der Waals surface area (Å²) in [5.41, 5.74) is 0. The molecule has 0 saturated carbocycles. The van der Waals surface area contributed by atoms with Crippen molar-refractivity contribution >= 4 is 19.8 Å². The summed E-state index contributed by atoms with van der Waals surface area (Å²) in [7, 11) is -4.64. The second kappa shape index (κ2) is 39.5. The molecule has 0 spiro atoms. The summed E-state index contributed by atoms with van der Waals surface area (Å²) in [6, 6.07) is 0. The average Bonchev–Trinajstić information content (AvgIpc) is 3.19. The summed E-state index contributed by atoms with van der Waals surface area (Å²) < 4.78 is 32.6. The Morgan fingerprint density at radius 1 is 0.571 bits per heavy atom. The lowest BCUT2D eigenvalue weighted by Gasteiger charge is -2.20. The van der Waals surface area contributed by atoms with Gasteiger partial charge in [-0.1, -0.05) is 126 Å². The first-order valence-electron chi connectivity index (χ1n) is 21.3. The first-order chi connectivity index (χ1) is 27.1. The second-order valence-electron chi connectivity index (χ2n) is 14.2. The van der Waals surface area contributed by atoms with Crippen LogP contribution in [0.15, 0.2) is 60.8 Å². The van der Waals surface area contributed by atoms with Gasteiger partial charge in [0.2, 0.25) is 0 Å². The first kappa shape index (κ1) is 53.6. The van der Waals surface area contributed by atoms with Crippen molar-refractivity contribution in [3.05, 3.63) is 60.8 Å². The van der Waals surface area contributed by atoms with E-state index >= 15 is 0 Å². The molecule has 0 fully saturated rings. The SMILES string of the molecule is CCCCCC/C=C\CCCCCCCCCC(=O)OC[C@H](COP(=O)(O)OC[C@@H](O)CO)OC(=O)CCC/C=C\C/C=C\C/C=C\C/C=C\CC[C@H](O)CC. The third-order valence-electron chi connectivity index (χ3n) is 8.81. The van der Waals surface area contributed by atoms with E-state index in [1.807, 2.05) is 19.1 Å². The van der Waals surface area contributed by atoms with Crippen LogP contribution in [0.1, 0.15) is 162 Å². The van der Waals surface area contributed by atoms with E-state index in [9.17, 15) is 29.3 Å². The van der Waals surface area contributed by atoms with Crippen LogP contribution in [0.25, 0.3) is 0 Å². The maximum absolute atomic E-state index is 12.6. The minimum Gasteiger partial charge on any atom is -0.462 e. The maximum atomic E-state index is 12.6. The van der Waals surface area contributed by atoms with E-state index < -0.39 is 51.8 Å². The Labute approximate surface area is 338 Å². The fraction of sp³-hybridized carbons (Fsp3) is 0.727. The van der Waals surface area contributed by atoms with Crippen LogP contribution >= 0.6 is 7.82 Å². The van der Waals surface area contributed by atoms with Crippen molar-refractivity contribution in [2.24, 2.45) is 0 Å². The quantitative estimate of drug-likeness (QED) is 0.0202. The fourth-order valence-electron chi connectivity index (χ4n) is 5.31. The Hall–Kier alpha value is -2.37. The Balaban J connectivity index is 4.43. The van der Waals surface area contributed by atoms with Crippen LogP contribution in [-0.4, -0.2) is 76.9 Å². The van der Waals surface area contributed by atoms with Crippen LogP contribution < -0.4 is 0 Å². The number of unbranched alkanes of at least 4 members (excludes halogenated alkanes) is 12. The highest BCUT2D eigenvalue weighted by Crippen LogP contribution is 2.43. The smallest absolute Gasteiger partial charge is 0.462 e. The van der Waals surface area contributed by atoms with Crippen LogP contribution in [0, 0.1) is 0 Å². The van der Waals surface area contributed by atoms with Gasteiger partial charge in [0.05, 0.1) is 25.9 Å². The third-order valence-corrected chi connectivity index (χ3v) is 9.76. The van der Waals surface area contributed by atoms with Crippen LogP contribution in [-0.2, 0) is 32.7 Å². The van der Waals surface area contributed by atoms with Crippen LogP contribution in [0.5, 0.6) is 0 Å². The maximum Gasteiger partial charge on any atom is 0.472 e. The molecule has 0 aliphatic rings. The number of hydrogen-bond acceptors (Lipinski definition) is 10. The van der Waals surface area contributed by atoms with E-state index in [-0.39, 0.29) is 25.6 Å². The molecule has 0 aromatic rings. The minimum absolute atomic E-state index is 0.0921. The Kier molecular flexibility index (Phi) is 37.8. The topological polar surface area (TPSA) is 169 Å². The molecule has 0 heterocycles. The van der Waals surface area contributed by atoms with Gasteiger partial charge in [-0.3, -0.25) is 18.6 Å². The van der Waals surface area contributed by atoms with Crippen molar-refractivity contribution in [3.63, 3.8) is 0 Å². The van der Waals surface area contributed by atoms with Gasteiger partial charge in [-0.2, -0.15) is 0 Å². The lowest BCUT2D eigenvalue weighted by atomic mass is 10.1. The number of allylic oxidation sites excluding steroid dienone is 10. The number of esters is 2. The highest BCUT2D eigenvalue weighted by molar-refractivity contribution is 7.47. The number of ether oxygens (including phenoxy) is 2. The highest BCUT2D eigenvalue weighted by atomic mass is 31.2. The van der Waals surface area contributed by atoms with Gasteiger partial charge in [0.25, 0.3) is 0 Å². The zero-order valence-corrected chi connectivity index (χ0v) is 35.6. The molecule has 0 rings (SSSR count). The average molecular weight is 813 g/mol. The van der Waals surface area contributed by atoms with Crippen molar-refractivity contribution in [1.82, 2.24) is 0 Å². The lowest BCUT2D eigenvalue weighted by molar-refractivity contribution is -0.161. The van der Waals surface area contributed by atoms with Gasteiger partial charge in [0.15, 0.2) is 6.10 Å². The van der Waals surface area contributed by atoms with Gasteiger partial charge < -0.3 is 29.7 Å². The predicted molar refractivity (Wildman–Crippen MR) is 225 cm³/mol. The van der Waals surface area contributed by atoms with E-state index in [1.165, 1.54) is 51.4 Å². The molecule has 0 amide bonds. The molecule has 1 unspecified atom stereocenters. The lowest BCUT2D eigenvalue weighted by Crippen LogP contribution is -2.29. The van der Waals surface area contributed by atoms with Crippen molar-refractivity contribution in [2.45, 2.75) is 180 Å². The number of phosphoric ester groups is 1. The third kappa shape index (κ3) is 38.5. The van der Waals surface area contributed by atoms with Gasteiger partial charge >= 0.3 is 19.8 Å². The summed E-state index contributed by atoms with van der Waals surface area (Å²) >= 11 is 0. The zero-order chi connectivity index (χ0) is 41.4. The molecule has 56 heavy (non-hydrogen) atoms. The Morgan fingerprint density at radius 3 is 1.64 bits per heavy atom. The number of phosphoric acid groups is 1. The standard InChI is InChI=1S/C44H77O11P/c1-3-5-6-7-8-9-10-11-12-16-19-22-25-28-31-34-43(48)52-38-42(39-54-56(50,51)53-37-41(47)36-45)55-44(49)35-32-29-26-23-20-17-14-13-15-18-21-24-27-30-33-40(46)4-2/h9-10,14-15,17-18,23-24,26-27,40-42,45-47H,3-8,11-13,16,19-22,25,28-39H2,1-2H3,(H,50,51)/b10-9-,17-14-,18-15-,26-23-,27-24-/t40-,41+,42-/m1/s1. The molecule has 0 saturated heterocycles. The Bertz CT molecular complexity index is 1130. The van der Waals surface area contributed by atoms with Gasteiger partial charge in [-0.05, 0) is 83.5 Å². The normalized spacial score (nSPS) is 15.0. The van der Waals surface area contributed by atoms with Crippen LogP contribution in [0.2, 0.25) is 0 Å². The van der Waals surface area contributed by atoms with E-state index in [4.69, 9.17) is 19.1 Å². The number of aliphatic hydroxyl groups is 3. The van der Waals surface area contributed by atoms with Crippen molar-refractivity contribution in [1.29, 1.82) is 0 Å². The van der Waals surface area contributed by atoms with Gasteiger partial charge in [0, 0.05) is 12.8 Å². The monoisotopic (exact) mass is 813 g/mol. The first-order valence-corrected chi connectivity index (χ1v) is 22.8. The largest absolute Gasteiger partial charge is 0.472 e. The molecule has 4 N–H and O–H groups in total. The molecule has 0 aromatic carbocycles. The van der Waals surface area contributed by atoms with E-state index in [0.29, 0.717) is 19.3 Å². The van der Waals surface area contributed by atoms with Gasteiger partial charge in [0.1, 0.15) is 12.7 Å². The van der Waals surface area contributed by atoms with Crippen molar-refractivity contribution in [3.8, 4) is 0 Å².